The van der Waals surface area contributed by atoms with Crippen LogP contribution in [-0.4, -0.2) is 14.8 Å². The SMILES string of the molecule is Cc1ccncc1-c1cc(N)n(C)n1. The van der Waals surface area contributed by atoms with Gasteiger partial charge in [-0.15, -0.1) is 0 Å². The van der Waals surface area contributed by atoms with Crippen molar-refractivity contribution in [2.75, 3.05) is 5.73 Å². The van der Waals surface area contributed by atoms with Crippen LogP contribution in [0.2, 0.25) is 0 Å². The fraction of sp³-hybridized carbons (Fsp3) is 0.200. The zero-order valence-corrected chi connectivity index (χ0v) is 8.23. The van der Waals surface area contributed by atoms with Crippen molar-refractivity contribution in [3.8, 4) is 11.3 Å². The van der Waals surface area contributed by atoms with Crippen molar-refractivity contribution in [2.24, 2.45) is 7.05 Å². The van der Waals surface area contributed by atoms with Crippen molar-refractivity contribution in [1.82, 2.24) is 14.8 Å². The Kier molecular flexibility index (Phi) is 1.96. The number of aryl methyl sites for hydroxylation is 2. The number of anilines is 1. The molecule has 0 saturated carbocycles. The van der Waals surface area contributed by atoms with Crippen LogP contribution in [0.3, 0.4) is 0 Å². The van der Waals surface area contributed by atoms with Crippen molar-refractivity contribution in [3.63, 3.8) is 0 Å². The lowest BCUT2D eigenvalue weighted by Crippen LogP contribution is -1.96. The summed E-state index contributed by atoms with van der Waals surface area (Å²) in [7, 11) is 1.82. The van der Waals surface area contributed by atoms with Crippen LogP contribution < -0.4 is 5.73 Å². The minimum atomic E-state index is 0.656. The first-order valence-corrected chi connectivity index (χ1v) is 4.39. The molecule has 0 unspecified atom stereocenters. The van der Waals surface area contributed by atoms with Crippen molar-refractivity contribution in [3.05, 3.63) is 30.1 Å². The molecule has 4 nitrogen and oxygen atoms in total. The summed E-state index contributed by atoms with van der Waals surface area (Å²) in [5.41, 5.74) is 8.76. The molecule has 2 N–H and O–H groups in total. The summed E-state index contributed by atoms with van der Waals surface area (Å²) in [6.45, 7) is 2.03. The molecule has 0 saturated heterocycles. The molecule has 2 aromatic rings. The fourth-order valence-corrected chi connectivity index (χ4v) is 1.35. The smallest absolute Gasteiger partial charge is 0.121 e. The Labute approximate surface area is 82.4 Å². The summed E-state index contributed by atoms with van der Waals surface area (Å²) >= 11 is 0. The van der Waals surface area contributed by atoms with Gasteiger partial charge in [0.15, 0.2) is 0 Å². The molecule has 14 heavy (non-hydrogen) atoms. The third kappa shape index (κ3) is 1.35. The van der Waals surface area contributed by atoms with Crippen LogP contribution in [0.5, 0.6) is 0 Å². The minimum Gasteiger partial charge on any atom is -0.384 e. The molecule has 0 aliphatic rings. The maximum atomic E-state index is 5.71. The topological polar surface area (TPSA) is 56.7 Å². The van der Waals surface area contributed by atoms with Gasteiger partial charge in [0.1, 0.15) is 5.82 Å². The third-order valence-electron chi connectivity index (χ3n) is 2.23. The molecule has 2 rings (SSSR count). The van der Waals surface area contributed by atoms with E-state index in [1.54, 1.807) is 17.1 Å². The van der Waals surface area contributed by atoms with Gasteiger partial charge in [0.25, 0.3) is 0 Å². The Hall–Kier alpha value is -1.84. The Morgan fingerprint density at radius 2 is 2.21 bits per heavy atom. The maximum Gasteiger partial charge on any atom is 0.121 e. The van der Waals surface area contributed by atoms with Gasteiger partial charge >= 0.3 is 0 Å². The molecule has 2 aromatic heterocycles. The van der Waals surface area contributed by atoms with E-state index in [4.69, 9.17) is 5.73 Å². The summed E-state index contributed by atoms with van der Waals surface area (Å²) in [4.78, 5) is 4.07. The Bertz CT molecular complexity index is 439. The van der Waals surface area contributed by atoms with Crippen molar-refractivity contribution in [1.29, 1.82) is 0 Å². The van der Waals surface area contributed by atoms with Crippen LogP contribution in [0, 0.1) is 6.92 Å². The van der Waals surface area contributed by atoms with Crippen molar-refractivity contribution in [2.45, 2.75) is 6.92 Å². The number of nitrogens with zero attached hydrogens (tertiary/aromatic N) is 3. The number of pyridine rings is 1. The molecule has 72 valence electrons. The van der Waals surface area contributed by atoms with Crippen molar-refractivity contribution < 1.29 is 0 Å². The quantitative estimate of drug-likeness (QED) is 0.735. The number of nitrogen functional groups attached to an aromatic ring is 1. The van der Waals surface area contributed by atoms with Crippen LogP contribution in [-0.2, 0) is 7.05 Å². The molecule has 0 radical (unpaired) electrons. The second kappa shape index (κ2) is 3.14. The molecular formula is C10H12N4. The minimum absolute atomic E-state index is 0.656. The number of hydrogen-bond donors (Lipinski definition) is 1. The lowest BCUT2D eigenvalue weighted by atomic mass is 10.1. The second-order valence-corrected chi connectivity index (χ2v) is 3.27. The van der Waals surface area contributed by atoms with Crippen LogP contribution in [0.15, 0.2) is 24.5 Å². The van der Waals surface area contributed by atoms with E-state index >= 15 is 0 Å². The zero-order valence-electron chi connectivity index (χ0n) is 8.23. The highest BCUT2D eigenvalue weighted by Crippen LogP contribution is 2.21. The summed E-state index contributed by atoms with van der Waals surface area (Å²) in [5, 5.41) is 4.29. The highest BCUT2D eigenvalue weighted by molar-refractivity contribution is 5.64. The standard InChI is InChI=1S/C10H12N4/c1-7-3-4-12-6-8(7)9-5-10(11)14(2)13-9/h3-6H,11H2,1-2H3. The van der Waals surface area contributed by atoms with E-state index in [-0.39, 0.29) is 0 Å². The van der Waals surface area contributed by atoms with Crippen LogP contribution in [0.1, 0.15) is 5.56 Å². The number of nitrogens with two attached hydrogens (primary N) is 1. The summed E-state index contributed by atoms with van der Waals surface area (Å²) in [6.07, 6.45) is 3.57. The Balaban J connectivity index is 2.55. The molecule has 0 atom stereocenters. The predicted octanol–water partition coefficient (Wildman–Crippen LogP) is 1.37. The lowest BCUT2D eigenvalue weighted by molar-refractivity contribution is 0.782. The van der Waals surface area contributed by atoms with Gasteiger partial charge in [-0.1, -0.05) is 0 Å². The molecule has 4 heteroatoms. The molecular weight excluding hydrogens is 176 g/mol. The second-order valence-electron chi connectivity index (χ2n) is 3.27. The molecule has 0 amide bonds. The van der Waals surface area contributed by atoms with Gasteiger partial charge in [0.2, 0.25) is 0 Å². The lowest BCUT2D eigenvalue weighted by Gasteiger charge is -1.99. The first kappa shape index (κ1) is 8.74. The largest absolute Gasteiger partial charge is 0.384 e. The fourth-order valence-electron chi connectivity index (χ4n) is 1.35. The van der Waals surface area contributed by atoms with Gasteiger partial charge in [0.05, 0.1) is 5.69 Å². The van der Waals surface area contributed by atoms with E-state index in [1.165, 1.54) is 0 Å². The average molecular weight is 188 g/mol. The molecule has 0 bridgehead atoms. The summed E-state index contributed by atoms with van der Waals surface area (Å²) in [5.74, 6) is 0.656. The molecule has 0 fully saturated rings. The average Bonchev–Trinajstić information content (AvgIpc) is 2.48. The third-order valence-corrected chi connectivity index (χ3v) is 2.23. The highest BCUT2D eigenvalue weighted by atomic mass is 15.3. The molecule has 0 spiro atoms. The van der Waals surface area contributed by atoms with Crippen LogP contribution in [0.4, 0.5) is 5.82 Å². The normalized spacial score (nSPS) is 10.4. The van der Waals surface area contributed by atoms with E-state index in [2.05, 4.69) is 10.1 Å². The Morgan fingerprint density at radius 3 is 2.79 bits per heavy atom. The van der Waals surface area contributed by atoms with Crippen LogP contribution in [0.25, 0.3) is 11.3 Å². The van der Waals surface area contributed by atoms with E-state index in [9.17, 15) is 0 Å². The van der Waals surface area contributed by atoms with Crippen LogP contribution >= 0.6 is 0 Å². The summed E-state index contributed by atoms with van der Waals surface area (Å²) in [6, 6.07) is 3.81. The number of aromatic nitrogens is 3. The molecule has 0 aliphatic carbocycles. The van der Waals surface area contributed by atoms with E-state index in [1.807, 2.05) is 26.1 Å². The first-order valence-electron chi connectivity index (χ1n) is 4.39. The van der Waals surface area contributed by atoms with Gasteiger partial charge < -0.3 is 5.73 Å². The maximum absolute atomic E-state index is 5.71. The molecule has 2 heterocycles. The van der Waals surface area contributed by atoms with Gasteiger partial charge in [0, 0.05) is 31.1 Å². The van der Waals surface area contributed by atoms with E-state index < -0.39 is 0 Å². The van der Waals surface area contributed by atoms with Gasteiger partial charge in [-0.3, -0.25) is 9.67 Å². The molecule has 0 aliphatic heterocycles. The van der Waals surface area contributed by atoms with Crippen molar-refractivity contribution >= 4 is 5.82 Å². The van der Waals surface area contributed by atoms with Gasteiger partial charge in [-0.25, -0.2) is 0 Å². The van der Waals surface area contributed by atoms with E-state index in [0.717, 1.165) is 16.8 Å². The zero-order chi connectivity index (χ0) is 10.1. The van der Waals surface area contributed by atoms with Gasteiger partial charge in [-0.05, 0) is 18.6 Å². The summed E-state index contributed by atoms with van der Waals surface area (Å²) < 4.78 is 1.65. The predicted molar refractivity (Wildman–Crippen MR) is 55.6 cm³/mol. The number of rotatable bonds is 1. The number of hydrogen-bond acceptors (Lipinski definition) is 3. The van der Waals surface area contributed by atoms with Gasteiger partial charge in [-0.2, -0.15) is 5.10 Å². The highest BCUT2D eigenvalue weighted by Gasteiger charge is 2.06. The molecule has 0 aromatic carbocycles. The first-order chi connectivity index (χ1) is 6.68. The monoisotopic (exact) mass is 188 g/mol. The van der Waals surface area contributed by atoms with E-state index in [0.29, 0.717) is 5.82 Å². The Morgan fingerprint density at radius 1 is 1.43 bits per heavy atom.